The number of Topliss-reactive ketones (excluding diaryl/α,β-unsaturated/α-hetero) is 4. The van der Waals surface area contributed by atoms with E-state index in [9.17, 15) is 42.7 Å². The number of benzene rings is 8. The zero-order valence-electron chi connectivity index (χ0n) is 69.2. The lowest BCUT2D eigenvalue weighted by atomic mass is 9.98. The standard InChI is InChI=1S/C26H27ClN2O2.C24H22Cl2N2O2.C24H22ClFN2O2.C24H24ClN3O2/c1-5-26(31)29(4)22-12-8-20(9-13-22)21-10-14-23(24(27)16-21)25(30)15-11-19-7-6-17(2)28-18(19)3;3*1-3-24(30)28(2)19-9-6-17(7-10-19)18-8-11-20(21(25)14-18)22(29)12-4-16-5-13-23(26)27-15-16/h6-10,12-14,16H,5,11,15H2,1-4H3;2*5-11,13-15H,3-4,12H2,1-2H3;5-11,13-15H,3-4,12H2,1-2H3,(H2,26,27). The molecule has 0 aliphatic rings. The zero-order chi connectivity index (χ0) is 87.6. The van der Waals surface area contributed by atoms with Gasteiger partial charge in [-0.3, -0.25) is 43.3 Å². The van der Waals surface area contributed by atoms with Gasteiger partial charge in [0.15, 0.2) is 23.1 Å². The minimum Gasteiger partial charge on any atom is -0.384 e. The summed E-state index contributed by atoms with van der Waals surface area (Å²) >= 11 is 31.5. The summed E-state index contributed by atoms with van der Waals surface area (Å²) < 4.78 is 12.9. The average molecular weight is 1720 g/mol. The molecule has 0 fully saturated rings. The first-order chi connectivity index (χ1) is 57.9. The van der Waals surface area contributed by atoms with Crippen LogP contribution in [0.15, 0.2) is 237 Å². The number of carbonyl (C=O) groups excluding carboxylic acids is 8. The van der Waals surface area contributed by atoms with E-state index in [0.29, 0.717) is 124 Å². The molecule has 4 aromatic heterocycles. The van der Waals surface area contributed by atoms with Gasteiger partial charge < -0.3 is 25.3 Å². The molecule has 622 valence electrons. The number of amides is 4. The maximum Gasteiger partial charge on any atom is 0.226 e. The maximum atomic E-state index is 12.9. The fourth-order valence-corrected chi connectivity index (χ4v) is 14.2. The molecular weight excluding hydrogens is 1630 g/mol. The maximum absolute atomic E-state index is 12.9. The van der Waals surface area contributed by atoms with Gasteiger partial charge in [-0.15, -0.1) is 0 Å². The van der Waals surface area contributed by atoms with Crippen LogP contribution < -0.4 is 25.3 Å². The highest BCUT2D eigenvalue weighted by Gasteiger charge is 2.20. The molecular formula is C98H95Cl5FN9O8. The van der Waals surface area contributed by atoms with Crippen molar-refractivity contribution in [1.82, 2.24) is 19.9 Å². The third kappa shape index (κ3) is 26.3. The van der Waals surface area contributed by atoms with Gasteiger partial charge in [-0.1, -0.05) is 183 Å². The van der Waals surface area contributed by atoms with E-state index in [4.69, 9.17) is 63.7 Å². The summed E-state index contributed by atoms with van der Waals surface area (Å²) in [4.78, 5) is 121. The number of aryl methyl sites for hydroxylation is 6. The number of anilines is 5. The second kappa shape index (κ2) is 44.9. The van der Waals surface area contributed by atoms with Gasteiger partial charge in [-0.05, 0) is 228 Å². The van der Waals surface area contributed by atoms with E-state index in [2.05, 4.69) is 19.9 Å². The van der Waals surface area contributed by atoms with Crippen molar-refractivity contribution in [2.45, 2.75) is 119 Å². The van der Waals surface area contributed by atoms with Crippen molar-refractivity contribution >= 4 is 133 Å². The normalized spacial score (nSPS) is 10.7. The second-order valence-corrected chi connectivity index (χ2v) is 30.7. The Hall–Kier alpha value is -11.9. The van der Waals surface area contributed by atoms with Crippen LogP contribution >= 0.6 is 58.0 Å². The summed E-state index contributed by atoms with van der Waals surface area (Å²) in [5.41, 5.74) is 24.1. The largest absolute Gasteiger partial charge is 0.384 e. The Morgan fingerprint density at radius 1 is 0.331 bits per heavy atom. The number of nitrogens with two attached hydrogens (primary N) is 1. The molecule has 0 aliphatic heterocycles. The molecule has 0 spiro atoms. The van der Waals surface area contributed by atoms with E-state index in [1.54, 1.807) is 121 Å². The first-order valence-electron chi connectivity index (χ1n) is 39.6. The van der Waals surface area contributed by atoms with Crippen molar-refractivity contribution in [1.29, 1.82) is 0 Å². The Balaban J connectivity index is 0.000000183. The average Bonchev–Trinajstić information content (AvgIpc) is 0.827. The van der Waals surface area contributed by atoms with Crippen molar-refractivity contribution in [2.24, 2.45) is 0 Å². The van der Waals surface area contributed by atoms with Gasteiger partial charge in [0, 0.05) is 155 Å². The first-order valence-corrected chi connectivity index (χ1v) is 41.5. The van der Waals surface area contributed by atoms with Gasteiger partial charge in [-0.25, -0.2) is 15.0 Å². The van der Waals surface area contributed by atoms with Crippen molar-refractivity contribution in [3.8, 4) is 44.5 Å². The summed E-state index contributed by atoms with van der Waals surface area (Å²) in [7, 11) is 7.04. The van der Waals surface area contributed by atoms with Crippen LogP contribution in [0.5, 0.6) is 0 Å². The number of hydrogen-bond donors (Lipinski definition) is 1. The topological polar surface area (TPSA) is 227 Å². The second-order valence-electron chi connectivity index (χ2n) is 28.7. The minimum absolute atomic E-state index is 0.0153. The van der Waals surface area contributed by atoms with Crippen LogP contribution in [-0.2, 0) is 44.9 Å². The predicted octanol–water partition coefficient (Wildman–Crippen LogP) is 23.4. The Bertz CT molecular complexity index is 5240. The number of hydrogen-bond acceptors (Lipinski definition) is 13. The van der Waals surface area contributed by atoms with Crippen LogP contribution in [0.3, 0.4) is 0 Å². The molecule has 2 N–H and O–H groups in total. The number of nitrogen functional groups attached to an aromatic ring is 1. The number of nitrogens with zero attached hydrogens (tertiary/aromatic N) is 8. The van der Waals surface area contributed by atoms with E-state index in [1.807, 2.05) is 193 Å². The number of carbonyl (C=O) groups is 8. The summed E-state index contributed by atoms with van der Waals surface area (Å²) in [5, 5.41) is 2.12. The monoisotopic (exact) mass is 1720 g/mol. The van der Waals surface area contributed by atoms with Crippen LogP contribution in [0.1, 0.15) is 154 Å². The summed E-state index contributed by atoms with van der Waals surface area (Å²) in [6, 6.07) is 66.5. The Morgan fingerprint density at radius 3 is 0.868 bits per heavy atom. The smallest absolute Gasteiger partial charge is 0.226 e. The molecule has 12 rings (SSSR count). The van der Waals surface area contributed by atoms with Gasteiger partial charge in [0.2, 0.25) is 29.6 Å². The highest BCUT2D eigenvalue weighted by atomic mass is 35.5. The van der Waals surface area contributed by atoms with E-state index in [1.165, 1.54) is 12.3 Å². The Kier molecular flexibility index (Phi) is 34.5. The number of pyridine rings is 4. The fourth-order valence-electron chi connectivity index (χ4n) is 13.0. The first kappa shape index (κ1) is 93.0. The molecule has 12 aromatic rings. The van der Waals surface area contributed by atoms with Gasteiger partial charge in [0.1, 0.15) is 11.0 Å². The minimum atomic E-state index is -0.541. The number of halogens is 6. The van der Waals surface area contributed by atoms with E-state index in [0.717, 1.165) is 101 Å². The summed E-state index contributed by atoms with van der Waals surface area (Å²) in [6.45, 7) is 11.3. The van der Waals surface area contributed by atoms with E-state index >= 15 is 0 Å². The zero-order valence-corrected chi connectivity index (χ0v) is 73.0. The number of aromatic nitrogens is 4. The molecule has 0 saturated heterocycles. The highest BCUT2D eigenvalue weighted by molar-refractivity contribution is 6.36. The summed E-state index contributed by atoms with van der Waals surface area (Å²) in [6.07, 6.45) is 10.2. The molecule has 0 bridgehead atoms. The van der Waals surface area contributed by atoms with Crippen LogP contribution in [0.2, 0.25) is 25.2 Å². The number of ketones is 4. The third-order valence-corrected chi connectivity index (χ3v) is 21.9. The molecule has 0 atom stereocenters. The lowest BCUT2D eigenvalue weighted by Crippen LogP contribution is -2.24. The van der Waals surface area contributed by atoms with Crippen LogP contribution in [-0.4, -0.2) is 94.9 Å². The molecule has 23 heteroatoms. The van der Waals surface area contributed by atoms with Crippen molar-refractivity contribution in [2.75, 3.05) is 53.5 Å². The van der Waals surface area contributed by atoms with Crippen LogP contribution in [0, 0.1) is 19.8 Å². The molecule has 0 radical (unpaired) electrons. The predicted molar refractivity (Wildman–Crippen MR) is 489 cm³/mol. The molecule has 4 heterocycles. The fraction of sp³-hybridized carbons (Fsp3) is 0.224. The van der Waals surface area contributed by atoms with Gasteiger partial charge in [-0.2, -0.15) is 4.39 Å². The third-order valence-electron chi connectivity index (χ3n) is 20.4. The lowest BCUT2D eigenvalue weighted by molar-refractivity contribution is -0.118. The van der Waals surface area contributed by atoms with Crippen LogP contribution in [0.4, 0.5) is 33.0 Å². The van der Waals surface area contributed by atoms with Gasteiger partial charge in [0.05, 0.1) is 20.1 Å². The lowest BCUT2D eigenvalue weighted by Gasteiger charge is -2.17. The molecule has 4 amide bonds. The molecule has 17 nitrogen and oxygen atoms in total. The van der Waals surface area contributed by atoms with E-state index in [-0.39, 0.29) is 53.2 Å². The Morgan fingerprint density at radius 2 is 0.612 bits per heavy atom. The molecule has 0 saturated carbocycles. The van der Waals surface area contributed by atoms with Gasteiger partial charge in [0.25, 0.3) is 0 Å². The Labute approximate surface area is 731 Å². The number of rotatable bonds is 28. The van der Waals surface area contributed by atoms with E-state index < -0.39 is 5.95 Å². The summed E-state index contributed by atoms with van der Waals surface area (Å²) in [5.74, 6) is 0.0555. The van der Waals surface area contributed by atoms with Crippen molar-refractivity contribution < 1.29 is 42.7 Å². The molecule has 121 heavy (non-hydrogen) atoms. The molecule has 0 unspecified atom stereocenters. The quantitative estimate of drug-likeness (QED) is 0.0356. The van der Waals surface area contributed by atoms with Crippen molar-refractivity contribution in [3.05, 3.63) is 324 Å². The van der Waals surface area contributed by atoms with Crippen molar-refractivity contribution in [3.63, 3.8) is 0 Å². The SMILES string of the molecule is CCC(=O)N(C)c1ccc(-c2ccc(C(=O)CCc3ccc(C)nc3C)c(Cl)c2)cc1.CCC(=O)N(C)c1ccc(-c2ccc(C(=O)CCc3ccc(Cl)nc3)c(Cl)c2)cc1.CCC(=O)N(C)c1ccc(-c2ccc(C(=O)CCc3ccc(F)nc3)c(Cl)c2)cc1.CCC(=O)N(C)c1ccc(-c2ccc(C(=O)CCc3ccc(N)nc3)c(Cl)c2)cc1. The van der Waals surface area contributed by atoms with Gasteiger partial charge >= 0.3 is 0 Å². The highest BCUT2D eigenvalue weighted by Crippen LogP contribution is 2.34. The molecule has 8 aromatic carbocycles. The molecule has 0 aliphatic carbocycles. The van der Waals surface area contributed by atoms with Crippen LogP contribution in [0.25, 0.3) is 44.5 Å².